The lowest BCUT2D eigenvalue weighted by molar-refractivity contribution is 0.653. The molecule has 0 spiro atoms. The maximum Gasteiger partial charge on any atom is 0.118 e. The predicted octanol–water partition coefficient (Wildman–Crippen LogP) is 2.83. The van der Waals surface area contributed by atoms with Gasteiger partial charge in [0.05, 0.1) is 0 Å². The van der Waals surface area contributed by atoms with Gasteiger partial charge in [-0.15, -0.1) is 0 Å². The van der Waals surface area contributed by atoms with Gasteiger partial charge in [-0.05, 0) is 26.3 Å². The van der Waals surface area contributed by atoms with Crippen molar-refractivity contribution in [2.75, 3.05) is 0 Å². The van der Waals surface area contributed by atoms with Gasteiger partial charge in [-0.2, -0.15) is 0 Å². The molecule has 0 heterocycles. The molecule has 0 amide bonds. The van der Waals surface area contributed by atoms with Crippen molar-refractivity contribution in [1.82, 2.24) is 0 Å². The normalized spacial score (nSPS) is 8.50. The van der Waals surface area contributed by atoms with Gasteiger partial charge in [-0.25, -0.2) is 4.39 Å². The first-order valence-electron chi connectivity index (χ1n) is 2.54. The molecule has 0 aromatic rings. The van der Waals surface area contributed by atoms with Gasteiger partial charge >= 0.3 is 0 Å². The number of hydrogen-bond donors (Lipinski definition) is 0. The first-order valence-corrected chi connectivity index (χ1v) is 2.54. The summed E-state index contributed by atoms with van der Waals surface area (Å²) in [5.74, 6) is -0.329. The van der Waals surface area contributed by atoms with Crippen LogP contribution in [-0.4, -0.2) is 0 Å². The molecule has 0 rings (SSSR count). The lowest BCUT2D eigenvalue weighted by Gasteiger charge is -1.95. The lowest BCUT2D eigenvalue weighted by Crippen LogP contribution is -1.77. The van der Waals surface area contributed by atoms with E-state index in [0.717, 1.165) is 5.57 Å². The summed E-state index contributed by atoms with van der Waals surface area (Å²) >= 11 is 0. The minimum Gasteiger partial charge on any atom is -0.207 e. The molecule has 0 radical (unpaired) electrons. The zero-order valence-corrected chi connectivity index (χ0v) is 5.59. The summed E-state index contributed by atoms with van der Waals surface area (Å²) in [4.78, 5) is 0. The molecule has 0 aromatic heterocycles. The molecule has 0 aliphatic heterocycles. The third kappa shape index (κ3) is 1.92. The first kappa shape index (κ1) is 7.41. The van der Waals surface area contributed by atoms with Gasteiger partial charge in [-0.1, -0.05) is 12.2 Å². The Balaban J connectivity index is 4.23. The molecule has 0 unspecified atom stereocenters. The number of allylic oxidation sites excluding steroid dienone is 3. The van der Waals surface area contributed by atoms with E-state index in [9.17, 15) is 4.39 Å². The lowest BCUT2D eigenvalue weighted by atomic mass is 10.2. The molecule has 0 bridgehead atoms. The highest BCUT2D eigenvalue weighted by atomic mass is 19.1. The van der Waals surface area contributed by atoms with E-state index in [0.29, 0.717) is 5.57 Å². The van der Waals surface area contributed by atoms with Gasteiger partial charge < -0.3 is 0 Å². The van der Waals surface area contributed by atoms with Crippen molar-refractivity contribution in [3.05, 3.63) is 23.6 Å². The van der Waals surface area contributed by atoms with Crippen molar-refractivity contribution in [1.29, 1.82) is 0 Å². The van der Waals surface area contributed by atoms with Crippen LogP contribution in [0, 0.1) is 0 Å². The van der Waals surface area contributed by atoms with Gasteiger partial charge in [0, 0.05) is 0 Å². The average molecular weight is 114 g/mol. The molecule has 0 saturated carbocycles. The summed E-state index contributed by atoms with van der Waals surface area (Å²) in [5.41, 5.74) is 1.64. The summed E-state index contributed by atoms with van der Waals surface area (Å²) in [7, 11) is 0. The predicted molar refractivity (Wildman–Crippen MR) is 34.3 cm³/mol. The van der Waals surface area contributed by atoms with Gasteiger partial charge in [0.25, 0.3) is 0 Å². The highest BCUT2D eigenvalue weighted by Gasteiger charge is 1.93. The molecule has 0 saturated heterocycles. The van der Waals surface area contributed by atoms with E-state index in [-0.39, 0.29) is 5.83 Å². The van der Waals surface area contributed by atoms with Gasteiger partial charge in [0.2, 0.25) is 0 Å². The van der Waals surface area contributed by atoms with E-state index in [1.807, 2.05) is 13.8 Å². The molecule has 0 N–H and O–H groups in total. The Morgan fingerprint density at radius 2 is 1.62 bits per heavy atom. The first-order chi connectivity index (χ1) is 3.55. The van der Waals surface area contributed by atoms with Crippen molar-refractivity contribution in [2.24, 2.45) is 0 Å². The quantitative estimate of drug-likeness (QED) is 0.460. The highest BCUT2D eigenvalue weighted by molar-refractivity contribution is 5.23. The van der Waals surface area contributed by atoms with Crippen molar-refractivity contribution in [3.8, 4) is 0 Å². The Morgan fingerprint density at radius 1 is 1.25 bits per heavy atom. The molecule has 0 aliphatic rings. The smallest absolute Gasteiger partial charge is 0.118 e. The molecule has 1 heteroatoms. The number of halogens is 1. The molecule has 0 aromatic carbocycles. The molecule has 0 fully saturated rings. The van der Waals surface area contributed by atoms with E-state index in [4.69, 9.17) is 0 Å². The zero-order chi connectivity index (χ0) is 6.73. The van der Waals surface area contributed by atoms with Crippen LogP contribution in [0.3, 0.4) is 0 Å². The Labute approximate surface area is 49.7 Å². The van der Waals surface area contributed by atoms with E-state index in [1.54, 1.807) is 6.92 Å². The zero-order valence-electron chi connectivity index (χ0n) is 5.59. The van der Waals surface area contributed by atoms with Crippen LogP contribution in [-0.2, 0) is 0 Å². The molecule has 46 valence electrons. The second-order valence-electron chi connectivity index (χ2n) is 2.03. The summed E-state index contributed by atoms with van der Waals surface area (Å²) in [5, 5.41) is 0. The summed E-state index contributed by atoms with van der Waals surface area (Å²) in [6, 6.07) is 0. The minimum atomic E-state index is -0.329. The van der Waals surface area contributed by atoms with Gasteiger partial charge in [0.1, 0.15) is 5.83 Å². The van der Waals surface area contributed by atoms with Crippen LogP contribution in [0.4, 0.5) is 4.39 Å². The van der Waals surface area contributed by atoms with Crippen molar-refractivity contribution in [2.45, 2.75) is 20.8 Å². The average Bonchev–Trinajstić information content (AvgIpc) is 1.64. The largest absolute Gasteiger partial charge is 0.207 e. The van der Waals surface area contributed by atoms with E-state index in [1.165, 1.54) is 0 Å². The maximum atomic E-state index is 12.1. The number of rotatable bonds is 1. The van der Waals surface area contributed by atoms with Crippen LogP contribution >= 0.6 is 0 Å². The van der Waals surface area contributed by atoms with Crippen LogP contribution in [0.1, 0.15) is 20.8 Å². The SMILES string of the molecule is C=C(F)C(C)=C(C)C. The fraction of sp³-hybridized carbons (Fsp3) is 0.429. The summed E-state index contributed by atoms with van der Waals surface area (Å²) < 4.78 is 12.1. The summed E-state index contributed by atoms with van der Waals surface area (Å²) in [6.07, 6.45) is 0. The standard InChI is InChI=1S/C7H11F/c1-5(2)6(3)7(4)8/h4H2,1-3H3. The van der Waals surface area contributed by atoms with E-state index in [2.05, 4.69) is 6.58 Å². The van der Waals surface area contributed by atoms with Gasteiger partial charge in [0.15, 0.2) is 0 Å². The van der Waals surface area contributed by atoms with Crippen LogP contribution in [0.2, 0.25) is 0 Å². The second-order valence-corrected chi connectivity index (χ2v) is 2.03. The second kappa shape index (κ2) is 2.65. The monoisotopic (exact) mass is 114 g/mol. The Kier molecular flexibility index (Phi) is 2.46. The Morgan fingerprint density at radius 3 is 1.62 bits per heavy atom. The third-order valence-electron chi connectivity index (χ3n) is 1.16. The maximum absolute atomic E-state index is 12.1. The molecule has 8 heavy (non-hydrogen) atoms. The Bertz CT molecular complexity index is 127. The molecule has 0 nitrogen and oxygen atoms in total. The molecular formula is C7H11F. The summed E-state index contributed by atoms with van der Waals surface area (Å²) in [6.45, 7) is 8.59. The molecule has 0 atom stereocenters. The van der Waals surface area contributed by atoms with Crippen molar-refractivity contribution < 1.29 is 4.39 Å². The van der Waals surface area contributed by atoms with Crippen LogP contribution in [0.15, 0.2) is 23.6 Å². The van der Waals surface area contributed by atoms with Crippen LogP contribution in [0.5, 0.6) is 0 Å². The van der Waals surface area contributed by atoms with Crippen LogP contribution in [0.25, 0.3) is 0 Å². The van der Waals surface area contributed by atoms with E-state index >= 15 is 0 Å². The van der Waals surface area contributed by atoms with Crippen molar-refractivity contribution in [3.63, 3.8) is 0 Å². The van der Waals surface area contributed by atoms with Gasteiger partial charge in [-0.3, -0.25) is 0 Å². The molecular weight excluding hydrogens is 103 g/mol. The van der Waals surface area contributed by atoms with E-state index < -0.39 is 0 Å². The number of hydrogen-bond acceptors (Lipinski definition) is 0. The molecule has 0 aliphatic carbocycles. The highest BCUT2D eigenvalue weighted by Crippen LogP contribution is 2.11. The topological polar surface area (TPSA) is 0 Å². The fourth-order valence-electron chi connectivity index (χ4n) is 0.271. The van der Waals surface area contributed by atoms with Crippen molar-refractivity contribution >= 4 is 0 Å². The fourth-order valence-corrected chi connectivity index (χ4v) is 0.271. The minimum absolute atomic E-state index is 0.329. The van der Waals surface area contributed by atoms with Crippen LogP contribution < -0.4 is 0 Å². The Hall–Kier alpha value is -0.590. The third-order valence-corrected chi connectivity index (χ3v) is 1.16.